The molecule has 0 aromatic carbocycles. The molecule has 122 valence electrons. The molecule has 0 aliphatic heterocycles. The van der Waals surface area contributed by atoms with Crippen molar-refractivity contribution < 1.29 is 9.32 Å². The van der Waals surface area contributed by atoms with E-state index in [1.807, 2.05) is 13.8 Å². The summed E-state index contributed by atoms with van der Waals surface area (Å²) in [6.45, 7) is 5.56. The first kappa shape index (κ1) is 15.5. The highest BCUT2D eigenvalue weighted by Gasteiger charge is 2.41. The summed E-state index contributed by atoms with van der Waals surface area (Å²) in [5.41, 5.74) is 5.68. The molecule has 0 radical (unpaired) electrons. The van der Waals surface area contributed by atoms with Gasteiger partial charge in [-0.1, -0.05) is 11.6 Å². The molecule has 22 heavy (non-hydrogen) atoms. The van der Waals surface area contributed by atoms with Crippen LogP contribution in [0.1, 0.15) is 57.7 Å². The van der Waals surface area contributed by atoms with Crippen molar-refractivity contribution in [3.05, 3.63) is 11.7 Å². The van der Waals surface area contributed by atoms with Gasteiger partial charge in [0.2, 0.25) is 11.8 Å². The second-order valence-electron chi connectivity index (χ2n) is 7.45. The molecule has 0 spiro atoms. The number of amides is 1. The normalized spacial score (nSPS) is 31.8. The van der Waals surface area contributed by atoms with Gasteiger partial charge in [-0.2, -0.15) is 4.98 Å². The summed E-state index contributed by atoms with van der Waals surface area (Å²) >= 11 is 0. The molecule has 2 saturated carbocycles. The second-order valence-corrected chi connectivity index (χ2v) is 7.45. The number of aromatic nitrogens is 2. The summed E-state index contributed by atoms with van der Waals surface area (Å²) < 4.78 is 5.02. The van der Waals surface area contributed by atoms with E-state index in [9.17, 15) is 4.79 Å². The lowest BCUT2D eigenvalue weighted by molar-refractivity contribution is -0.129. The van der Waals surface area contributed by atoms with Crippen LogP contribution >= 0.6 is 0 Å². The molecule has 1 aromatic rings. The molecule has 2 atom stereocenters. The molecule has 2 aliphatic carbocycles. The summed E-state index contributed by atoms with van der Waals surface area (Å²) in [5.74, 6) is 2.18. The quantitative estimate of drug-likeness (QED) is 0.889. The van der Waals surface area contributed by atoms with Crippen molar-refractivity contribution in [2.75, 3.05) is 0 Å². The summed E-state index contributed by atoms with van der Waals surface area (Å²) in [6.07, 6.45) is 5.39. The van der Waals surface area contributed by atoms with E-state index in [1.54, 1.807) is 6.92 Å². The number of carbonyl (C=O) groups excluding carboxylic acids is 1. The van der Waals surface area contributed by atoms with Crippen LogP contribution in [-0.2, 0) is 10.3 Å². The van der Waals surface area contributed by atoms with E-state index in [1.165, 1.54) is 6.42 Å². The van der Waals surface area contributed by atoms with E-state index in [0.29, 0.717) is 23.6 Å². The van der Waals surface area contributed by atoms with E-state index < -0.39 is 5.54 Å². The summed E-state index contributed by atoms with van der Waals surface area (Å²) in [4.78, 5) is 16.9. The number of fused-ring (bicyclic) bond motifs is 2. The molecule has 3 N–H and O–H groups in total. The van der Waals surface area contributed by atoms with Gasteiger partial charge in [0.15, 0.2) is 5.82 Å². The number of aryl methyl sites for hydroxylation is 1. The van der Waals surface area contributed by atoms with Crippen LogP contribution in [0.2, 0.25) is 0 Å². The lowest BCUT2D eigenvalue weighted by Gasteiger charge is -2.44. The molecular weight excluding hydrogens is 280 g/mol. The Labute approximate surface area is 131 Å². The molecule has 6 heteroatoms. The Hall–Kier alpha value is -1.43. The minimum atomic E-state index is -0.622. The van der Waals surface area contributed by atoms with Gasteiger partial charge in [-0.3, -0.25) is 4.79 Å². The van der Waals surface area contributed by atoms with Gasteiger partial charge in [-0.25, -0.2) is 0 Å². The second kappa shape index (κ2) is 5.65. The van der Waals surface area contributed by atoms with E-state index in [4.69, 9.17) is 10.3 Å². The zero-order valence-corrected chi connectivity index (χ0v) is 13.6. The number of nitrogens with two attached hydrogens (primary N) is 1. The Balaban J connectivity index is 1.67. The third-order valence-electron chi connectivity index (χ3n) is 5.31. The highest BCUT2D eigenvalue weighted by atomic mass is 16.5. The van der Waals surface area contributed by atoms with Crippen LogP contribution in [0.4, 0.5) is 0 Å². The molecule has 2 unspecified atom stereocenters. The number of hydrogen-bond donors (Lipinski definition) is 2. The summed E-state index contributed by atoms with van der Waals surface area (Å²) in [5, 5.41) is 7.03. The van der Waals surface area contributed by atoms with Crippen molar-refractivity contribution >= 4 is 5.91 Å². The standard InChI is InChI=1S/C16H26N4O2/c1-9-18-15(20-22-9)16(2,3)19-14(21)12-7-10-5-4-6-11(8-12)13(10)17/h10-13H,4-8,17H2,1-3H3,(H,19,21). The Bertz CT molecular complexity index is 540. The van der Waals surface area contributed by atoms with Gasteiger partial charge in [0.05, 0.1) is 5.54 Å². The molecule has 1 amide bonds. The molecule has 0 saturated heterocycles. The maximum Gasteiger partial charge on any atom is 0.223 e. The molecule has 3 rings (SSSR count). The Kier molecular flexibility index (Phi) is 3.97. The monoisotopic (exact) mass is 306 g/mol. The van der Waals surface area contributed by atoms with Crippen LogP contribution < -0.4 is 11.1 Å². The molecule has 2 aliphatic rings. The zero-order valence-electron chi connectivity index (χ0n) is 13.6. The first-order valence-corrected chi connectivity index (χ1v) is 8.25. The van der Waals surface area contributed by atoms with Crippen LogP contribution in [0, 0.1) is 24.7 Å². The van der Waals surface area contributed by atoms with Gasteiger partial charge < -0.3 is 15.6 Å². The summed E-state index contributed by atoms with van der Waals surface area (Å²) in [6, 6.07) is 0.283. The maximum atomic E-state index is 12.7. The predicted octanol–water partition coefficient (Wildman–Crippen LogP) is 1.88. The van der Waals surface area contributed by atoms with Crippen LogP contribution in [0.5, 0.6) is 0 Å². The average molecular weight is 306 g/mol. The van der Waals surface area contributed by atoms with Crippen LogP contribution in [-0.4, -0.2) is 22.1 Å². The van der Waals surface area contributed by atoms with E-state index in [-0.39, 0.29) is 17.9 Å². The Morgan fingerprint density at radius 3 is 2.50 bits per heavy atom. The van der Waals surface area contributed by atoms with Crippen molar-refractivity contribution in [2.45, 2.75) is 64.5 Å². The highest BCUT2D eigenvalue weighted by molar-refractivity contribution is 5.79. The molecule has 2 fully saturated rings. The van der Waals surface area contributed by atoms with Gasteiger partial charge in [-0.05, 0) is 51.4 Å². The van der Waals surface area contributed by atoms with Crippen LogP contribution in [0.15, 0.2) is 4.52 Å². The summed E-state index contributed by atoms with van der Waals surface area (Å²) in [7, 11) is 0. The van der Waals surface area contributed by atoms with E-state index in [0.717, 1.165) is 25.7 Å². The fourth-order valence-corrected chi connectivity index (χ4v) is 4.02. The zero-order chi connectivity index (χ0) is 15.9. The Morgan fingerprint density at radius 1 is 1.32 bits per heavy atom. The fraction of sp³-hybridized carbons (Fsp3) is 0.812. The number of nitrogens with one attached hydrogen (secondary N) is 1. The average Bonchev–Trinajstić information content (AvgIpc) is 2.85. The van der Waals surface area contributed by atoms with Crippen LogP contribution in [0.3, 0.4) is 0 Å². The van der Waals surface area contributed by atoms with Crippen molar-refractivity contribution in [1.29, 1.82) is 0 Å². The molecule has 1 aromatic heterocycles. The first-order chi connectivity index (χ1) is 10.4. The highest BCUT2D eigenvalue weighted by Crippen LogP contribution is 2.42. The van der Waals surface area contributed by atoms with Gasteiger partial charge in [0.25, 0.3) is 0 Å². The SMILES string of the molecule is Cc1nc(C(C)(C)NC(=O)C2CC3CCCC(C2)C3N)no1. The minimum absolute atomic E-state index is 0.0578. The lowest BCUT2D eigenvalue weighted by Crippen LogP contribution is -2.51. The topological polar surface area (TPSA) is 94.0 Å². The molecule has 6 nitrogen and oxygen atoms in total. The van der Waals surface area contributed by atoms with E-state index >= 15 is 0 Å². The number of hydrogen-bond acceptors (Lipinski definition) is 5. The maximum absolute atomic E-state index is 12.7. The largest absolute Gasteiger partial charge is 0.344 e. The molecule has 2 bridgehead atoms. The van der Waals surface area contributed by atoms with E-state index in [2.05, 4.69) is 15.5 Å². The Morgan fingerprint density at radius 2 is 1.95 bits per heavy atom. The van der Waals surface area contributed by atoms with Crippen molar-refractivity contribution in [2.24, 2.45) is 23.5 Å². The fourth-order valence-electron chi connectivity index (χ4n) is 4.02. The third-order valence-corrected chi connectivity index (χ3v) is 5.31. The van der Waals surface area contributed by atoms with Gasteiger partial charge >= 0.3 is 0 Å². The van der Waals surface area contributed by atoms with Gasteiger partial charge in [-0.15, -0.1) is 0 Å². The smallest absolute Gasteiger partial charge is 0.223 e. The molecule has 1 heterocycles. The third kappa shape index (κ3) is 2.89. The number of carbonyl (C=O) groups is 1. The van der Waals surface area contributed by atoms with Gasteiger partial charge in [0.1, 0.15) is 0 Å². The minimum Gasteiger partial charge on any atom is -0.344 e. The van der Waals surface area contributed by atoms with Crippen molar-refractivity contribution in [1.82, 2.24) is 15.5 Å². The van der Waals surface area contributed by atoms with Gasteiger partial charge in [0, 0.05) is 18.9 Å². The predicted molar refractivity (Wildman–Crippen MR) is 81.7 cm³/mol. The number of rotatable bonds is 3. The lowest BCUT2D eigenvalue weighted by atomic mass is 9.65. The first-order valence-electron chi connectivity index (χ1n) is 8.25. The van der Waals surface area contributed by atoms with Crippen LogP contribution in [0.25, 0.3) is 0 Å². The molecular formula is C16H26N4O2. The number of nitrogens with zero attached hydrogens (tertiary/aromatic N) is 2. The van der Waals surface area contributed by atoms with Crippen molar-refractivity contribution in [3.8, 4) is 0 Å². The van der Waals surface area contributed by atoms with Crippen molar-refractivity contribution in [3.63, 3.8) is 0 Å².